The van der Waals surface area contributed by atoms with Gasteiger partial charge >= 0.3 is 11.9 Å². The van der Waals surface area contributed by atoms with Gasteiger partial charge in [0.2, 0.25) is 0 Å². The second-order valence-corrected chi connectivity index (χ2v) is 3.02. The lowest BCUT2D eigenvalue weighted by Gasteiger charge is -2.03. The van der Waals surface area contributed by atoms with Crippen LogP contribution in [0.15, 0.2) is 18.2 Å². The van der Waals surface area contributed by atoms with Gasteiger partial charge in [-0.3, -0.25) is 0 Å². The Labute approximate surface area is 95.1 Å². The molecule has 0 aliphatic heterocycles. The molecule has 4 nitrogen and oxygen atoms in total. The predicted molar refractivity (Wildman–Crippen MR) is 54.4 cm³/mol. The fraction of sp³-hybridized carbons (Fsp3) is 0.0909. The van der Waals surface area contributed by atoms with Gasteiger partial charge in [-0.1, -0.05) is 0 Å². The quantitative estimate of drug-likeness (QED) is 0.649. The molecule has 0 unspecified atom stereocenters. The van der Waals surface area contributed by atoms with Crippen LogP contribution in [0.25, 0.3) is 6.08 Å². The Morgan fingerprint density at radius 3 is 2.24 bits per heavy atom. The number of carbonyl (C=O) groups excluding carboxylic acids is 1. The number of hydrogen-bond donors (Lipinski definition) is 1. The van der Waals surface area contributed by atoms with Crippen LogP contribution in [0.5, 0.6) is 0 Å². The van der Waals surface area contributed by atoms with E-state index in [-0.39, 0.29) is 5.56 Å². The smallest absolute Gasteiger partial charge is 0.343 e. The van der Waals surface area contributed by atoms with Crippen molar-refractivity contribution in [3.63, 3.8) is 0 Å². The average molecular weight is 242 g/mol. The molecule has 0 saturated carbocycles. The molecule has 0 radical (unpaired) electrons. The summed E-state index contributed by atoms with van der Waals surface area (Å²) in [5.41, 5.74) is -0.810. The molecule has 0 aromatic heterocycles. The molecule has 0 amide bonds. The molecule has 0 atom stereocenters. The summed E-state index contributed by atoms with van der Waals surface area (Å²) in [4.78, 5) is 21.2. The maximum absolute atomic E-state index is 13.4. The van der Waals surface area contributed by atoms with E-state index in [1.54, 1.807) is 0 Å². The van der Waals surface area contributed by atoms with E-state index < -0.39 is 29.1 Å². The Hall–Kier alpha value is -2.24. The Kier molecular flexibility index (Phi) is 3.92. The Bertz CT molecular complexity index is 471. The molecule has 0 fully saturated rings. The van der Waals surface area contributed by atoms with Crippen molar-refractivity contribution in [2.45, 2.75) is 0 Å². The zero-order valence-electron chi connectivity index (χ0n) is 8.74. The molecule has 0 bridgehead atoms. The van der Waals surface area contributed by atoms with E-state index in [9.17, 15) is 18.4 Å². The van der Waals surface area contributed by atoms with Gasteiger partial charge in [0.1, 0.15) is 17.2 Å². The fourth-order valence-corrected chi connectivity index (χ4v) is 1.15. The van der Waals surface area contributed by atoms with Crippen molar-refractivity contribution in [1.29, 1.82) is 0 Å². The molecule has 6 heteroatoms. The lowest BCUT2D eigenvalue weighted by atomic mass is 10.1. The van der Waals surface area contributed by atoms with Crippen LogP contribution in [0.1, 0.15) is 15.9 Å². The van der Waals surface area contributed by atoms with Gasteiger partial charge in [0.15, 0.2) is 0 Å². The van der Waals surface area contributed by atoms with Crippen molar-refractivity contribution >= 4 is 18.0 Å². The van der Waals surface area contributed by atoms with E-state index in [0.29, 0.717) is 0 Å². The first kappa shape index (κ1) is 12.8. The van der Waals surface area contributed by atoms with E-state index in [4.69, 9.17) is 5.11 Å². The number of esters is 1. The first-order valence-electron chi connectivity index (χ1n) is 4.44. The summed E-state index contributed by atoms with van der Waals surface area (Å²) in [7, 11) is 0.999. The highest BCUT2D eigenvalue weighted by Gasteiger charge is 2.18. The normalized spacial score (nSPS) is 10.5. The minimum atomic E-state index is -1.25. The van der Waals surface area contributed by atoms with Gasteiger partial charge in [0.25, 0.3) is 0 Å². The van der Waals surface area contributed by atoms with Crippen molar-refractivity contribution in [3.8, 4) is 0 Å². The van der Waals surface area contributed by atoms with Crippen LogP contribution in [0.3, 0.4) is 0 Å². The van der Waals surface area contributed by atoms with Crippen LogP contribution < -0.4 is 0 Å². The van der Waals surface area contributed by atoms with Crippen LogP contribution in [-0.2, 0) is 9.53 Å². The molecule has 1 aromatic rings. The highest BCUT2D eigenvalue weighted by molar-refractivity contribution is 5.90. The van der Waals surface area contributed by atoms with Gasteiger partial charge in [-0.2, -0.15) is 0 Å². The van der Waals surface area contributed by atoms with Gasteiger partial charge in [0, 0.05) is 6.08 Å². The third-order valence-electron chi connectivity index (χ3n) is 1.87. The van der Waals surface area contributed by atoms with Gasteiger partial charge in [0.05, 0.1) is 7.11 Å². The number of carboxylic acid groups (broad SMARTS) is 1. The molecule has 0 aliphatic carbocycles. The maximum atomic E-state index is 13.4. The molecule has 1 aromatic carbocycles. The summed E-state index contributed by atoms with van der Waals surface area (Å²) in [5, 5.41) is 8.35. The number of aliphatic carboxylic acids is 1. The van der Waals surface area contributed by atoms with Crippen molar-refractivity contribution in [3.05, 3.63) is 41.0 Å². The van der Waals surface area contributed by atoms with Gasteiger partial charge in [-0.25, -0.2) is 18.4 Å². The summed E-state index contributed by atoms with van der Waals surface area (Å²) in [6.45, 7) is 0. The molecule has 90 valence electrons. The molecular formula is C11H8F2O4. The van der Waals surface area contributed by atoms with E-state index in [2.05, 4.69) is 4.74 Å². The monoisotopic (exact) mass is 242 g/mol. The highest BCUT2D eigenvalue weighted by Crippen LogP contribution is 2.17. The van der Waals surface area contributed by atoms with E-state index in [0.717, 1.165) is 31.4 Å². The van der Waals surface area contributed by atoms with Crippen molar-refractivity contribution in [1.82, 2.24) is 0 Å². The SMILES string of the molecule is COC(=O)c1c(F)cc(C=CC(=O)O)cc1F. The number of carboxylic acids is 1. The van der Waals surface area contributed by atoms with Crippen molar-refractivity contribution in [2.75, 3.05) is 7.11 Å². The van der Waals surface area contributed by atoms with Crippen LogP contribution in [-0.4, -0.2) is 24.2 Å². The fourth-order valence-electron chi connectivity index (χ4n) is 1.15. The Balaban J connectivity index is 3.18. The standard InChI is InChI=1S/C11H8F2O4/c1-17-11(16)10-7(12)4-6(5-8(10)13)2-3-9(14)15/h2-5H,1H3,(H,14,15). The van der Waals surface area contributed by atoms with Crippen LogP contribution in [0.2, 0.25) is 0 Å². The number of hydrogen-bond acceptors (Lipinski definition) is 3. The zero-order valence-corrected chi connectivity index (χ0v) is 8.74. The zero-order chi connectivity index (χ0) is 13.0. The lowest BCUT2D eigenvalue weighted by molar-refractivity contribution is -0.131. The molecular weight excluding hydrogens is 234 g/mol. The van der Waals surface area contributed by atoms with Crippen LogP contribution in [0.4, 0.5) is 8.78 Å². The molecule has 0 spiro atoms. The maximum Gasteiger partial charge on any atom is 0.343 e. The van der Waals surface area contributed by atoms with E-state index in [1.165, 1.54) is 0 Å². The average Bonchev–Trinajstić information content (AvgIpc) is 2.25. The van der Waals surface area contributed by atoms with Crippen LogP contribution >= 0.6 is 0 Å². The highest BCUT2D eigenvalue weighted by atomic mass is 19.1. The van der Waals surface area contributed by atoms with E-state index in [1.807, 2.05) is 0 Å². The Morgan fingerprint density at radius 1 is 1.29 bits per heavy atom. The van der Waals surface area contributed by atoms with Crippen molar-refractivity contribution < 1.29 is 28.2 Å². The summed E-state index contributed by atoms with van der Waals surface area (Å²) >= 11 is 0. The van der Waals surface area contributed by atoms with E-state index >= 15 is 0 Å². The lowest BCUT2D eigenvalue weighted by Crippen LogP contribution is -2.08. The number of halogens is 2. The Morgan fingerprint density at radius 2 is 1.82 bits per heavy atom. The minimum absolute atomic E-state index is 0.00458. The molecule has 1 rings (SSSR count). The molecule has 17 heavy (non-hydrogen) atoms. The summed E-state index contributed by atoms with van der Waals surface area (Å²) in [5.74, 6) is -4.60. The summed E-state index contributed by atoms with van der Waals surface area (Å²) in [6, 6.07) is 1.68. The number of methoxy groups -OCH3 is 1. The molecule has 1 N–H and O–H groups in total. The third kappa shape index (κ3) is 3.10. The van der Waals surface area contributed by atoms with Crippen LogP contribution in [0, 0.1) is 11.6 Å². The third-order valence-corrected chi connectivity index (χ3v) is 1.87. The largest absolute Gasteiger partial charge is 0.478 e. The number of ether oxygens (including phenoxy) is 1. The summed E-state index contributed by atoms with van der Waals surface area (Å²) in [6.07, 6.45) is 1.74. The number of benzene rings is 1. The number of rotatable bonds is 3. The summed E-state index contributed by atoms with van der Waals surface area (Å²) < 4.78 is 30.9. The first-order chi connectivity index (χ1) is 7.95. The molecule has 0 aliphatic rings. The molecule has 0 heterocycles. The van der Waals surface area contributed by atoms with Crippen molar-refractivity contribution in [2.24, 2.45) is 0 Å². The predicted octanol–water partition coefficient (Wildman–Crippen LogP) is 1.85. The topological polar surface area (TPSA) is 63.6 Å². The minimum Gasteiger partial charge on any atom is -0.478 e. The molecule has 0 saturated heterocycles. The number of carbonyl (C=O) groups is 2. The second-order valence-electron chi connectivity index (χ2n) is 3.02. The van der Waals surface area contributed by atoms with Gasteiger partial charge < -0.3 is 9.84 Å². The second kappa shape index (κ2) is 5.20. The first-order valence-corrected chi connectivity index (χ1v) is 4.44. The van der Waals surface area contributed by atoms with Gasteiger partial charge in [-0.15, -0.1) is 0 Å². The van der Waals surface area contributed by atoms with Gasteiger partial charge in [-0.05, 0) is 23.8 Å².